The van der Waals surface area contributed by atoms with Crippen molar-refractivity contribution in [2.45, 2.75) is 38.8 Å². The summed E-state index contributed by atoms with van der Waals surface area (Å²) in [5, 5.41) is 0. The second-order valence-electron chi connectivity index (χ2n) is 4.93. The second kappa shape index (κ2) is 6.52. The molecule has 0 aromatic heterocycles. The molecule has 1 aromatic rings. The van der Waals surface area contributed by atoms with Gasteiger partial charge in [0.05, 0.1) is 13.7 Å². The highest BCUT2D eigenvalue weighted by Crippen LogP contribution is 2.23. The summed E-state index contributed by atoms with van der Waals surface area (Å²) in [5.74, 6) is 0.465. The number of ether oxygens (including phenoxy) is 1. The van der Waals surface area contributed by atoms with Crippen molar-refractivity contribution in [1.29, 1.82) is 0 Å². The molecule has 1 fully saturated rings. The van der Waals surface area contributed by atoms with Gasteiger partial charge in [-0.3, -0.25) is 14.5 Å². The van der Waals surface area contributed by atoms with E-state index in [1.807, 2.05) is 18.2 Å². The molecular weight excluding hydrogens is 256 g/mol. The average Bonchev–Trinajstić information content (AvgIpc) is 2.62. The Kier molecular flexibility index (Phi) is 4.74. The lowest BCUT2D eigenvalue weighted by Crippen LogP contribution is -2.34. The van der Waals surface area contributed by atoms with Gasteiger partial charge in [-0.2, -0.15) is 0 Å². The monoisotopic (exact) mass is 276 g/mol. The van der Waals surface area contributed by atoms with E-state index in [1.54, 1.807) is 7.11 Å². The van der Waals surface area contributed by atoms with Gasteiger partial charge < -0.3 is 10.5 Å². The number of carbonyl (C=O) groups is 2. The standard InChI is InChI=1S/C15H20N2O3/c1-20-13-7-6-11(9-16)8-12(13)10-17-14(18)4-2-3-5-15(17)19/h6-8H,2-5,9-10,16H2,1H3. The van der Waals surface area contributed by atoms with E-state index in [9.17, 15) is 9.59 Å². The molecule has 1 saturated heterocycles. The summed E-state index contributed by atoms with van der Waals surface area (Å²) in [6.07, 6.45) is 2.43. The van der Waals surface area contributed by atoms with E-state index in [1.165, 1.54) is 4.90 Å². The number of imide groups is 1. The molecule has 5 nitrogen and oxygen atoms in total. The van der Waals surface area contributed by atoms with Gasteiger partial charge >= 0.3 is 0 Å². The summed E-state index contributed by atoms with van der Waals surface area (Å²) in [7, 11) is 1.58. The number of methoxy groups -OCH3 is 1. The number of amides is 2. The van der Waals surface area contributed by atoms with Crippen LogP contribution < -0.4 is 10.5 Å². The zero-order chi connectivity index (χ0) is 14.5. The van der Waals surface area contributed by atoms with E-state index < -0.39 is 0 Å². The van der Waals surface area contributed by atoms with Crippen LogP contribution in [0.1, 0.15) is 36.8 Å². The number of hydrogen-bond donors (Lipinski definition) is 1. The molecule has 20 heavy (non-hydrogen) atoms. The zero-order valence-corrected chi connectivity index (χ0v) is 11.7. The molecule has 0 aliphatic carbocycles. The van der Waals surface area contributed by atoms with Crippen LogP contribution in [-0.4, -0.2) is 23.8 Å². The third-order valence-electron chi connectivity index (χ3n) is 3.54. The van der Waals surface area contributed by atoms with Gasteiger partial charge in [0.2, 0.25) is 11.8 Å². The second-order valence-corrected chi connectivity index (χ2v) is 4.93. The third kappa shape index (κ3) is 3.17. The number of nitrogens with two attached hydrogens (primary N) is 1. The fraction of sp³-hybridized carbons (Fsp3) is 0.467. The van der Waals surface area contributed by atoms with Crippen molar-refractivity contribution in [3.05, 3.63) is 29.3 Å². The van der Waals surface area contributed by atoms with E-state index in [2.05, 4.69) is 0 Å². The minimum Gasteiger partial charge on any atom is -0.496 e. The fourth-order valence-electron chi connectivity index (χ4n) is 2.39. The Morgan fingerprint density at radius 1 is 1.20 bits per heavy atom. The summed E-state index contributed by atoms with van der Waals surface area (Å²) in [6.45, 7) is 0.674. The number of likely N-dealkylation sites (tertiary alicyclic amines) is 1. The SMILES string of the molecule is COc1ccc(CN)cc1CN1C(=O)CCCCC1=O. The van der Waals surface area contributed by atoms with Crippen molar-refractivity contribution >= 4 is 11.8 Å². The summed E-state index contributed by atoms with van der Waals surface area (Å²) in [4.78, 5) is 25.4. The largest absolute Gasteiger partial charge is 0.496 e. The molecule has 2 N–H and O–H groups in total. The van der Waals surface area contributed by atoms with Crippen molar-refractivity contribution < 1.29 is 14.3 Å². The Bertz CT molecular complexity index is 496. The topological polar surface area (TPSA) is 72.6 Å². The van der Waals surface area contributed by atoms with Gasteiger partial charge in [-0.1, -0.05) is 6.07 Å². The molecule has 1 aromatic carbocycles. The third-order valence-corrected chi connectivity index (χ3v) is 3.54. The van der Waals surface area contributed by atoms with E-state index in [0.717, 1.165) is 24.0 Å². The van der Waals surface area contributed by atoms with Gasteiger partial charge in [0.1, 0.15) is 5.75 Å². The number of nitrogens with zero attached hydrogens (tertiary/aromatic N) is 1. The maximum absolute atomic E-state index is 12.0. The Labute approximate surface area is 118 Å². The molecule has 1 heterocycles. The molecule has 108 valence electrons. The van der Waals surface area contributed by atoms with Gasteiger partial charge in [0.25, 0.3) is 0 Å². The first-order valence-electron chi connectivity index (χ1n) is 6.84. The van der Waals surface area contributed by atoms with Crippen molar-refractivity contribution in [2.75, 3.05) is 7.11 Å². The normalized spacial score (nSPS) is 16.2. The minimum absolute atomic E-state index is 0.104. The zero-order valence-electron chi connectivity index (χ0n) is 11.7. The van der Waals surface area contributed by atoms with Crippen LogP contribution in [0.3, 0.4) is 0 Å². The van der Waals surface area contributed by atoms with Crippen molar-refractivity contribution in [1.82, 2.24) is 4.90 Å². The lowest BCUT2D eigenvalue weighted by atomic mass is 10.1. The van der Waals surface area contributed by atoms with Crippen molar-refractivity contribution in [3.63, 3.8) is 0 Å². The minimum atomic E-state index is -0.104. The molecule has 2 rings (SSSR count). The van der Waals surface area contributed by atoms with Gasteiger partial charge in [-0.15, -0.1) is 0 Å². The van der Waals surface area contributed by atoms with Crippen LogP contribution in [0.15, 0.2) is 18.2 Å². The van der Waals surface area contributed by atoms with Crippen LogP contribution in [0.5, 0.6) is 5.75 Å². The average molecular weight is 276 g/mol. The first-order valence-corrected chi connectivity index (χ1v) is 6.84. The highest BCUT2D eigenvalue weighted by Gasteiger charge is 2.25. The molecule has 2 amide bonds. The maximum atomic E-state index is 12.0. The summed E-state index contributed by atoms with van der Waals surface area (Å²) < 4.78 is 5.30. The lowest BCUT2D eigenvalue weighted by Gasteiger charge is -2.20. The number of hydrogen-bond acceptors (Lipinski definition) is 4. The van der Waals surface area contributed by atoms with Crippen LogP contribution in [-0.2, 0) is 22.7 Å². The molecule has 0 saturated carbocycles. The highest BCUT2D eigenvalue weighted by atomic mass is 16.5. The van der Waals surface area contributed by atoms with Gasteiger partial charge in [0.15, 0.2) is 0 Å². The predicted octanol–water partition coefficient (Wildman–Crippen LogP) is 1.58. The molecule has 0 radical (unpaired) electrons. The quantitative estimate of drug-likeness (QED) is 0.847. The first-order chi connectivity index (χ1) is 9.65. The van der Waals surface area contributed by atoms with Gasteiger partial charge in [-0.25, -0.2) is 0 Å². The van der Waals surface area contributed by atoms with Crippen LogP contribution in [0.25, 0.3) is 0 Å². The molecule has 0 unspecified atom stereocenters. The fourth-order valence-corrected chi connectivity index (χ4v) is 2.39. The number of rotatable bonds is 4. The first kappa shape index (κ1) is 14.5. The van der Waals surface area contributed by atoms with E-state index in [0.29, 0.717) is 25.1 Å². The number of carbonyl (C=O) groups excluding carboxylic acids is 2. The molecule has 1 aliphatic heterocycles. The summed E-state index contributed by atoms with van der Waals surface area (Å²) in [5.41, 5.74) is 7.41. The van der Waals surface area contributed by atoms with Crippen molar-refractivity contribution in [3.8, 4) is 5.75 Å². The lowest BCUT2D eigenvalue weighted by molar-refractivity contribution is -0.144. The number of benzene rings is 1. The Morgan fingerprint density at radius 2 is 1.85 bits per heavy atom. The van der Waals surface area contributed by atoms with Crippen LogP contribution >= 0.6 is 0 Å². The van der Waals surface area contributed by atoms with Crippen LogP contribution in [0.2, 0.25) is 0 Å². The van der Waals surface area contributed by atoms with Crippen molar-refractivity contribution in [2.24, 2.45) is 5.73 Å². The van der Waals surface area contributed by atoms with Crippen LogP contribution in [0.4, 0.5) is 0 Å². The Hall–Kier alpha value is -1.88. The van der Waals surface area contributed by atoms with E-state index in [4.69, 9.17) is 10.5 Å². The molecular formula is C15H20N2O3. The molecule has 0 atom stereocenters. The van der Waals surface area contributed by atoms with Crippen LogP contribution in [0, 0.1) is 0 Å². The summed E-state index contributed by atoms with van der Waals surface area (Å²) in [6, 6.07) is 5.60. The molecule has 0 spiro atoms. The molecule has 5 heteroatoms. The van der Waals surface area contributed by atoms with Gasteiger partial charge in [0, 0.05) is 24.9 Å². The molecule has 0 bridgehead atoms. The van der Waals surface area contributed by atoms with E-state index in [-0.39, 0.29) is 18.4 Å². The Balaban J connectivity index is 2.26. The Morgan fingerprint density at radius 3 is 2.40 bits per heavy atom. The smallest absolute Gasteiger partial charge is 0.229 e. The summed E-state index contributed by atoms with van der Waals surface area (Å²) >= 11 is 0. The predicted molar refractivity (Wildman–Crippen MR) is 74.9 cm³/mol. The highest BCUT2D eigenvalue weighted by molar-refractivity contribution is 5.96. The molecule has 1 aliphatic rings. The van der Waals surface area contributed by atoms with E-state index >= 15 is 0 Å². The van der Waals surface area contributed by atoms with Gasteiger partial charge in [-0.05, 0) is 30.5 Å². The maximum Gasteiger partial charge on any atom is 0.229 e.